The van der Waals surface area contributed by atoms with Crippen molar-refractivity contribution in [2.75, 3.05) is 12.3 Å². The number of hydrazine groups is 1. The lowest BCUT2D eigenvalue weighted by atomic mass is 10.8. The first-order valence-corrected chi connectivity index (χ1v) is 3.97. The van der Waals surface area contributed by atoms with E-state index in [-0.39, 0.29) is 0 Å². The van der Waals surface area contributed by atoms with E-state index < -0.39 is 0 Å². The zero-order valence-corrected chi connectivity index (χ0v) is 6.66. The van der Waals surface area contributed by atoms with Crippen molar-refractivity contribution in [3.8, 4) is 0 Å². The minimum Gasteiger partial charge on any atom is -0.303 e. The maximum absolute atomic E-state index is 5.14. The Morgan fingerprint density at radius 2 is 2.33 bits per heavy atom. The summed E-state index contributed by atoms with van der Waals surface area (Å²) in [5, 5.41) is 0.819. The van der Waals surface area contributed by atoms with Crippen molar-refractivity contribution < 1.29 is 0 Å². The second-order valence-corrected chi connectivity index (χ2v) is 2.61. The predicted molar refractivity (Wildman–Crippen MR) is 43.4 cm³/mol. The molecule has 0 aliphatic rings. The van der Waals surface area contributed by atoms with Crippen LogP contribution in [-0.2, 0) is 0 Å². The minimum atomic E-state index is 0.784. The first kappa shape index (κ1) is 8.78. The highest BCUT2D eigenvalue weighted by Gasteiger charge is 1.90. The zero-order chi connectivity index (χ0) is 7.11. The third-order valence-corrected chi connectivity index (χ3v) is 1.52. The molecule has 0 saturated carbocycles. The first-order valence-electron chi connectivity index (χ1n) is 2.99. The average Bonchev–Trinajstić information content (AvgIpc) is 1.88. The lowest BCUT2D eigenvalue weighted by Gasteiger charge is -2.00. The van der Waals surface area contributed by atoms with Gasteiger partial charge in [-0.2, -0.15) is 0 Å². The predicted octanol–water partition coefficient (Wildman–Crippen LogP) is 0.579. The van der Waals surface area contributed by atoms with E-state index in [0.717, 1.165) is 17.5 Å². The molecule has 0 heterocycles. The summed E-state index contributed by atoms with van der Waals surface area (Å²) in [6, 6.07) is 0. The van der Waals surface area contributed by atoms with Crippen molar-refractivity contribution in [1.82, 2.24) is 5.43 Å². The fourth-order valence-electron chi connectivity index (χ4n) is 0.413. The fraction of sp³-hybridized carbons (Fsp3) is 0.800. The Morgan fingerprint density at radius 3 is 2.67 bits per heavy atom. The molecule has 0 saturated heterocycles. The molecular weight excluding hydrogens is 134 g/mol. The zero-order valence-electron chi connectivity index (χ0n) is 5.85. The molecule has 0 spiro atoms. The maximum Gasteiger partial charge on any atom is 0.170 e. The molecule has 0 amide bonds. The van der Waals surface area contributed by atoms with E-state index in [1.807, 2.05) is 6.92 Å². The highest BCUT2D eigenvalue weighted by Crippen LogP contribution is 1.98. The summed E-state index contributed by atoms with van der Waals surface area (Å²) < 4.78 is 0. The van der Waals surface area contributed by atoms with Gasteiger partial charge < -0.3 is 5.43 Å². The lowest BCUT2D eigenvalue weighted by molar-refractivity contribution is 1.01. The van der Waals surface area contributed by atoms with Crippen LogP contribution in [0.25, 0.3) is 0 Å². The van der Waals surface area contributed by atoms with Gasteiger partial charge in [0.05, 0.1) is 0 Å². The molecule has 9 heavy (non-hydrogen) atoms. The summed E-state index contributed by atoms with van der Waals surface area (Å²) in [5.41, 5.74) is 2.52. The van der Waals surface area contributed by atoms with Crippen LogP contribution in [0.1, 0.15) is 13.8 Å². The molecule has 0 aromatic rings. The van der Waals surface area contributed by atoms with Crippen molar-refractivity contribution in [1.29, 1.82) is 0 Å². The van der Waals surface area contributed by atoms with Gasteiger partial charge in [0, 0.05) is 6.54 Å². The van der Waals surface area contributed by atoms with E-state index in [0.29, 0.717) is 0 Å². The molecule has 0 aromatic carbocycles. The van der Waals surface area contributed by atoms with Crippen LogP contribution in [0.2, 0.25) is 0 Å². The van der Waals surface area contributed by atoms with E-state index in [2.05, 4.69) is 17.3 Å². The van der Waals surface area contributed by atoms with Gasteiger partial charge in [0.15, 0.2) is 5.17 Å². The first-order chi connectivity index (χ1) is 4.35. The number of hydrogen-bond donors (Lipinski definition) is 2. The topological polar surface area (TPSA) is 50.4 Å². The highest BCUT2D eigenvalue weighted by atomic mass is 32.2. The van der Waals surface area contributed by atoms with Crippen molar-refractivity contribution in [3.05, 3.63) is 0 Å². The van der Waals surface area contributed by atoms with Crippen LogP contribution < -0.4 is 11.3 Å². The molecule has 0 aromatic heterocycles. The van der Waals surface area contributed by atoms with Crippen molar-refractivity contribution in [2.24, 2.45) is 10.8 Å². The Bertz CT molecular complexity index is 92.2. The Hall–Kier alpha value is -0.220. The van der Waals surface area contributed by atoms with Gasteiger partial charge in [-0.25, -0.2) is 5.84 Å². The Balaban J connectivity index is 3.53. The monoisotopic (exact) mass is 147 g/mol. The number of hydrogen-bond acceptors (Lipinski definition) is 3. The average molecular weight is 147 g/mol. The van der Waals surface area contributed by atoms with Crippen molar-refractivity contribution >= 4 is 16.9 Å². The van der Waals surface area contributed by atoms with Crippen LogP contribution in [0.15, 0.2) is 4.99 Å². The van der Waals surface area contributed by atoms with Crippen LogP contribution in [0.3, 0.4) is 0 Å². The molecule has 3 nitrogen and oxygen atoms in total. The molecule has 0 aliphatic carbocycles. The van der Waals surface area contributed by atoms with E-state index in [4.69, 9.17) is 5.84 Å². The molecule has 0 rings (SSSR count). The smallest absolute Gasteiger partial charge is 0.170 e. The molecule has 0 atom stereocenters. The largest absolute Gasteiger partial charge is 0.303 e. The van der Waals surface area contributed by atoms with E-state index in [9.17, 15) is 0 Å². The summed E-state index contributed by atoms with van der Waals surface area (Å²) in [4.78, 5) is 4.08. The Labute approximate surface area is 60.1 Å². The number of aliphatic imine (C=N–C) groups is 1. The molecule has 0 radical (unpaired) electrons. The standard InChI is InChI=1S/C5H13N3S/c1-3-7-5(8-6)9-4-2/h3-4,6H2,1-2H3,(H,7,8). The van der Waals surface area contributed by atoms with Crippen LogP contribution in [0.5, 0.6) is 0 Å². The summed E-state index contributed by atoms with van der Waals surface area (Å²) in [5.74, 6) is 6.15. The molecule has 0 fully saturated rings. The van der Waals surface area contributed by atoms with Gasteiger partial charge in [-0.15, -0.1) is 0 Å². The Morgan fingerprint density at radius 1 is 1.67 bits per heavy atom. The molecular formula is C5H13N3S. The third-order valence-electron chi connectivity index (χ3n) is 0.706. The molecule has 4 heteroatoms. The summed E-state index contributed by atoms with van der Waals surface area (Å²) in [7, 11) is 0. The summed E-state index contributed by atoms with van der Waals surface area (Å²) in [6.45, 7) is 4.83. The van der Waals surface area contributed by atoms with E-state index >= 15 is 0 Å². The van der Waals surface area contributed by atoms with Crippen molar-refractivity contribution in [3.63, 3.8) is 0 Å². The summed E-state index contributed by atoms with van der Waals surface area (Å²) >= 11 is 1.61. The number of nitrogens with zero attached hydrogens (tertiary/aromatic N) is 1. The second kappa shape index (κ2) is 5.91. The quantitative estimate of drug-likeness (QED) is 0.260. The maximum atomic E-state index is 5.14. The second-order valence-electron chi connectivity index (χ2n) is 1.36. The normalized spacial score (nSPS) is 11.7. The molecule has 0 aliphatic heterocycles. The van der Waals surface area contributed by atoms with Gasteiger partial charge in [0.25, 0.3) is 0 Å². The van der Waals surface area contributed by atoms with Gasteiger partial charge in [0.1, 0.15) is 0 Å². The lowest BCUT2D eigenvalue weighted by Crippen LogP contribution is -2.28. The number of thioether (sulfide) groups is 1. The number of rotatable bonds is 2. The molecule has 0 bridgehead atoms. The van der Waals surface area contributed by atoms with E-state index in [1.54, 1.807) is 11.8 Å². The highest BCUT2D eigenvalue weighted by molar-refractivity contribution is 8.13. The van der Waals surface area contributed by atoms with Gasteiger partial charge in [-0.05, 0) is 12.7 Å². The fourth-order valence-corrected chi connectivity index (χ4v) is 0.990. The van der Waals surface area contributed by atoms with Gasteiger partial charge >= 0.3 is 0 Å². The summed E-state index contributed by atoms with van der Waals surface area (Å²) in [6.07, 6.45) is 0. The number of amidine groups is 1. The van der Waals surface area contributed by atoms with Crippen LogP contribution >= 0.6 is 11.8 Å². The van der Waals surface area contributed by atoms with Crippen LogP contribution in [-0.4, -0.2) is 17.5 Å². The van der Waals surface area contributed by atoms with Gasteiger partial charge in [-0.3, -0.25) is 4.99 Å². The van der Waals surface area contributed by atoms with Gasteiger partial charge in [-0.1, -0.05) is 18.7 Å². The number of nitrogens with two attached hydrogens (primary N) is 1. The SMILES string of the molecule is CCN=C(NN)SCC. The Kier molecular flexibility index (Phi) is 5.76. The third kappa shape index (κ3) is 4.29. The molecule has 0 unspecified atom stereocenters. The molecule has 54 valence electrons. The van der Waals surface area contributed by atoms with E-state index in [1.165, 1.54) is 0 Å². The molecule has 3 N–H and O–H groups in total. The van der Waals surface area contributed by atoms with Crippen LogP contribution in [0.4, 0.5) is 0 Å². The van der Waals surface area contributed by atoms with Crippen LogP contribution in [0, 0.1) is 0 Å². The van der Waals surface area contributed by atoms with Crippen molar-refractivity contribution in [2.45, 2.75) is 13.8 Å². The minimum absolute atomic E-state index is 0.784. The van der Waals surface area contributed by atoms with Gasteiger partial charge in [0.2, 0.25) is 0 Å². The number of nitrogens with one attached hydrogen (secondary N) is 1.